The molecule has 2 aliphatic rings. The van der Waals surface area contributed by atoms with E-state index in [1.54, 1.807) is 12.1 Å². The second-order valence-electron chi connectivity index (χ2n) is 8.12. The lowest BCUT2D eigenvalue weighted by Gasteiger charge is -2.27. The summed E-state index contributed by atoms with van der Waals surface area (Å²) < 4.78 is 28.9. The van der Waals surface area contributed by atoms with Gasteiger partial charge in [0.25, 0.3) is 5.91 Å². The predicted molar refractivity (Wildman–Crippen MR) is 120 cm³/mol. The van der Waals surface area contributed by atoms with Crippen LogP contribution in [0, 0.1) is 0 Å². The van der Waals surface area contributed by atoms with Gasteiger partial charge in [-0.25, -0.2) is 13.4 Å². The summed E-state index contributed by atoms with van der Waals surface area (Å²) in [5, 5.41) is 6.25. The van der Waals surface area contributed by atoms with Gasteiger partial charge in [-0.2, -0.15) is 5.10 Å². The van der Waals surface area contributed by atoms with Crippen LogP contribution in [0.2, 0.25) is 0 Å². The maximum absolute atomic E-state index is 13.3. The molecule has 0 radical (unpaired) electrons. The SMILES string of the molecule is COc1ccc([C@@H]2CC(c3ccccc3)=NN2C(=O)CN(C)[C@@H]2CCS(=O)(=O)C2)cc1. The Balaban J connectivity index is 1.56. The van der Waals surface area contributed by atoms with Crippen molar-refractivity contribution in [2.24, 2.45) is 5.10 Å². The Morgan fingerprint density at radius 1 is 1.16 bits per heavy atom. The normalized spacial score (nSPS) is 22.5. The van der Waals surface area contributed by atoms with Crippen LogP contribution in [0.25, 0.3) is 0 Å². The Labute approximate surface area is 183 Å². The van der Waals surface area contributed by atoms with Gasteiger partial charge in [-0.15, -0.1) is 0 Å². The molecular formula is C23H27N3O4S. The second-order valence-corrected chi connectivity index (χ2v) is 10.3. The number of nitrogens with zero attached hydrogens (tertiary/aromatic N) is 3. The molecule has 0 saturated carbocycles. The Hall–Kier alpha value is -2.71. The number of carbonyl (C=O) groups is 1. The molecule has 2 aliphatic heterocycles. The molecular weight excluding hydrogens is 414 g/mol. The third kappa shape index (κ3) is 4.80. The summed E-state index contributed by atoms with van der Waals surface area (Å²) in [6, 6.07) is 17.2. The Kier molecular flexibility index (Phi) is 6.11. The number of carbonyl (C=O) groups excluding carboxylic acids is 1. The van der Waals surface area contributed by atoms with E-state index in [2.05, 4.69) is 0 Å². The largest absolute Gasteiger partial charge is 0.497 e. The average Bonchev–Trinajstić information content (AvgIpc) is 3.38. The van der Waals surface area contributed by atoms with Crippen molar-refractivity contribution < 1.29 is 17.9 Å². The van der Waals surface area contributed by atoms with Crippen LogP contribution in [0.1, 0.15) is 30.0 Å². The Morgan fingerprint density at radius 2 is 1.87 bits per heavy atom. The Morgan fingerprint density at radius 3 is 2.48 bits per heavy atom. The fraction of sp³-hybridized carbons (Fsp3) is 0.391. The van der Waals surface area contributed by atoms with Crippen molar-refractivity contribution in [3.05, 3.63) is 65.7 Å². The van der Waals surface area contributed by atoms with Crippen molar-refractivity contribution in [1.82, 2.24) is 9.91 Å². The first-order chi connectivity index (χ1) is 14.9. The van der Waals surface area contributed by atoms with Gasteiger partial charge in [0.05, 0.1) is 36.9 Å². The maximum atomic E-state index is 13.3. The summed E-state index contributed by atoms with van der Waals surface area (Å²) in [5.41, 5.74) is 2.84. The highest BCUT2D eigenvalue weighted by Crippen LogP contribution is 2.34. The fourth-order valence-corrected chi connectivity index (χ4v) is 5.97. The van der Waals surface area contributed by atoms with Crippen molar-refractivity contribution in [2.45, 2.75) is 24.9 Å². The molecule has 2 aromatic carbocycles. The van der Waals surface area contributed by atoms with E-state index in [1.807, 2.05) is 66.5 Å². The number of sulfone groups is 1. The number of ether oxygens (including phenoxy) is 1. The van der Waals surface area contributed by atoms with Gasteiger partial charge < -0.3 is 4.74 Å². The number of benzene rings is 2. The van der Waals surface area contributed by atoms with Gasteiger partial charge >= 0.3 is 0 Å². The van der Waals surface area contributed by atoms with E-state index >= 15 is 0 Å². The molecule has 0 spiro atoms. The number of hydrogen-bond donors (Lipinski definition) is 0. The third-order valence-corrected chi connectivity index (χ3v) is 7.74. The van der Waals surface area contributed by atoms with Crippen LogP contribution in [0.4, 0.5) is 0 Å². The third-order valence-electron chi connectivity index (χ3n) is 5.99. The molecule has 2 aromatic rings. The summed E-state index contributed by atoms with van der Waals surface area (Å²) in [4.78, 5) is 15.1. The molecule has 0 bridgehead atoms. The van der Waals surface area contributed by atoms with Crippen LogP contribution in [0.5, 0.6) is 5.75 Å². The van der Waals surface area contributed by atoms with Gasteiger partial charge in [0, 0.05) is 12.5 Å². The molecule has 7 nitrogen and oxygen atoms in total. The Bertz CT molecular complexity index is 1070. The molecule has 0 aliphatic carbocycles. The van der Waals surface area contributed by atoms with Crippen molar-refractivity contribution in [3.8, 4) is 5.75 Å². The zero-order valence-corrected chi connectivity index (χ0v) is 18.6. The molecule has 0 N–H and O–H groups in total. The summed E-state index contributed by atoms with van der Waals surface area (Å²) in [7, 11) is 0.424. The minimum Gasteiger partial charge on any atom is -0.497 e. The fourth-order valence-electron chi connectivity index (χ4n) is 4.17. The lowest BCUT2D eigenvalue weighted by atomic mass is 9.98. The number of hydrogen-bond acceptors (Lipinski definition) is 6. The van der Waals surface area contributed by atoms with Gasteiger partial charge in [0.15, 0.2) is 9.84 Å². The molecule has 1 saturated heterocycles. The van der Waals surface area contributed by atoms with Crippen LogP contribution in [-0.4, -0.2) is 68.2 Å². The van der Waals surface area contributed by atoms with Crippen molar-refractivity contribution in [2.75, 3.05) is 32.2 Å². The van der Waals surface area contributed by atoms with Gasteiger partial charge in [0.1, 0.15) is 5.75 Å². The summed E-state index contributed by atoms with van der Waals surface area (Å²) in [6.45, 7) is 0.123. The van der Waals surface area contributed by atoms with Crippen LogP contribution >= 0.6 is 0 Å². The zero-order valence-electron chi connectivity index (χ0n) is 17.8. The minimum absolute atomic E-state index is 0.108. The molecule has 1 fully saturated rings. The van der Waals surface area contributed by atoms with E-state index in [0.29, 0.717) is 12.8 Å². The summed E-state index contributed by atoms with van der Waals surface area (Å²) in [6.07, 6.45) is 1.18. The highest BCUT2D eigenvalue weighted by Gasteiger charge is 2.36. The standard InChI is InChI=1S/C23H27N3O4S/c1-25(19-12-13-31(28,29)16-19)15-23(27)26-22(18-8-10-20(30-2)11-9-18)14-21(24-26)17-6-4-3-5-7-17/h3-11,19,22H,12-16H2,1-2H3/t19-,22+/m1/s1. The molecule has 0 unspecified atom stereocenters. The first kappa shape index (κ1) is 21.5. The van der Waals surface area contributed by atoms with Crippen molar-refractivity contribution in [3.63, 3.8) is 0 Å². The van der Waals surface area contributed by atoms with Gasteiger partial charge in [0.2, 0.25) is 0 Å². The molecule has 1 amide bonds. The second kappa shape index (κ2) is 8.80. The first-order valence-electron chi connectivity index (χ1n) is 10.4. The van der Waals surface area contributed by atoms with E-state index in [0.717, 1.165) is 22.6 Å². The lowest BCUT2D eigenvalue weighted by molar-refractivity contribution is -0.134. The number of methoxy groups -OCH3 is 1. The van der Waals surface area contributed by atoms with Crippen LogP contribution in [0.15, 0.2) is 59.7 Å². The predicted octanol–water partition coefficient (Wildman–Crippen LogP) is 2.49. The summed E-state index contributed by atoms with van der Waals surface area (Å²) in [5.74, 6) is 0.909. The number of hydrazone groups is 1. The monoisotopic (exact) mass is 441 g/mol. The summed E-state index contributed by atoms with van der Waals surface area (Å²) >= 11 is 0. The zero-order chi connectivity index (χ0) is 22.0. The highest BCUT2D eigenvalue weighted by molar-refractivity contribution is 7.91. The van der Waals surface area contributed by atoms with Crippen LogP contribution in [0.3, 0.4) is 0 Å². The quantitative estimate of drug-likeness (QED) is 0.688. The van der Waals surface area contributed by atoms with E-state index in [1.165, 1.54) is 0 Å². The van der Waals surface area contributed by atoms with Crippen LogP contribution in [-0.2, 0) is 14.6 Å². The van der Waals surface area contributed by atoms with Gasteiger partial charge in [-0.05, 0) is 36.7 Å². The molecule has 4 rings (SSSR count). The van der Waals surface area contributed by atoms with E-state index in [-0.39, 0.29) is 36.0 Å². The molecule has 2 heterocycles. The minimum atomic E-state index is -3.01. The van der Waals surface area contributed by atoms with Crippen molar-refractivity contribution >= 4 is 21.5 Å². The first-order valence-corrected chi connectivity index (χ1v) is 12.2. The molecule has 2 atom stereocenters. The topological polar surface area (TPSA) is 79.3 Å². The smallest absolute Gasteiger partial charge is 0.257 e. The average molecular weight is 442 g/mol. The highest BCUT2D eigenvalue weighted by atomic mass is 32.2. The number of rotatable bonds is 6. The van der Waals surface area contributed by atoms with E-state index in [4.69, 9.17) is 9.84 Å². The molecule has 8 heteroatoms. The lowest BCUT2D eigenvalue weighted by Crippen LogP contribution is -2.41. The van der Waals surface area contributed by atoms with Gasteiger partial charge in [-0.3, -0.25) is 9.69 Å². The maximum Gasteiger partial charge on any atom is 0.257 e. The molecule has 31 heavy (non-hydrogen) atoms. The van der Waals surface area contributed by atoms with Crippen molar-refractivity contribution in [1.29, 1.82) is 0 Å². The molecule has 164 valence electrons. The number of likely N-dealkylation sites (N-methyl/N-ethyl adjacent to an activating group) is 1. The van der Waals surface area contributed by atoms with Gasteiger partial charge in [-0.1, -0.05) is 42.5 Å². The molecule has 0 aromatic heterocycles. The number of amides is 1. The van der Waals surface area contributed by atoms with Crippen LogP contribution < -0.4 is 4.74 Å². The van der Waals surface area contributed by atoms with E-state index < -0.39 is 9.84 Å². The van der Waals surface area contributed by atoms with E-state index in [9.17, 15) is 13.2 Å².